The molecule has 22 nitrogen and oxygen atoms in total. The Morgan fingerprint density at radius 1 is 0.533 bits per heavy atom. The Balaban J connectivity index is 1.70. The van der Waals surface area contributed by atoms with Gasteiger partial charge >= 0.3 is 6.09 Å². The molecule has 0 aromatic heterocycles. The van der Waals surface area contributed by atoms with Gasteiger partial charge in [-0.15, -0.1) is 0 Å². The molecule has 0 radical (unpaired) electrons. The molecule has 1 amide bonds. The fourth-order valence-corrected chi connectivity index (χ4v) is 4.35. The van der Waals surface area contributed by atoms with Gasteiger partial charge in [-0.1, -0.05) is 0 Å². The standard InChI is InChI=1S/C38H68N4O18/c1-38(2,3)60-37(43)40(4)8-10-49-12-14-51-16-18-53-20-22-55-24-26-57-28-30-59-32-31-58-29-27-56-25-23-54-21-19-52-17-15-50-13-11-48-9-7-39-35-6-5-34(41(44)45)33-36(35)42(46)47/h5-6,33,39H,7-32H2,1-4H3. The first-order valence-corrected chi connectivity index (χ1v) is 20.0. The number of nitrogens with zero attached hydrogens (tertiary/aromatic N) is 3. The molecule has 0 spiro atoms. The third-order valence-corrected chi connectivity index (χ3v) is 7.32. The maximum Gasteiger partial charge on any atom is 0.410 e. The molecule has 1 rings (SSSR count). The first-order chi connectivity index (χ1) is 29.0. The van der Waals surface area contributed by atoms with Gasteiger partial charge in [0.15, 0.2) is 0 Å². The monoisotopic (exact) mass is 868 g/mol. The number of ether oxygens (including phenoxy) is 13. The molecule has 0 saturated heterocycles. The van der Waals surface area contributed by atoms with E-state index in [4.69, 9.17) is 61.6 Å². The first-order valence-electron chi connectivity index (χ1n) is 20.0. The molecule has 60 heavy (non-hydrogen) atoms. The van der Waals surface area contributed by atoms with Gasteiger partial charge in [-0.2, -0.15) is 0 Å². The second-order valence-corrected chi connectivity index (χ2v) is 13.4. The Labute approximate surface area is 352 Å². The highest BCUT2D eigenvalue weighted by Gasteiger charge is 2.20. The van der Waals surface area contributed by atoms with Crippen LogP contribution in [-0.4, -0.2) is 205 Å². The minimum absolute atomic E-state index is 0.181. The Morgan fingerprint density at radius 3 is 1.15 bits per heavy atom. The average molecular weight is 869 g/mol. The van der Waals surface area contributed by atoms with Crippen LogP contribution in [0.15, 0.2) is 18.2 Å². The van der Waals surface area contributed by atoms with E-state index in [0.29, 0.717) is 159 Å². The normalized spacial score (nSPS) is 11.5. The van der Waals surface area contributed by atoms with Crippen LogP contribution in [0.1, 0.15) is 20.8 Å². The van der Waals surface area contributed by atoms with Crippen LogP contribution in [0.3, 0.4) is 0 Å². The van der Waals surface area contributed by atoms with E-state index in [0.717, 1.165) is 6.07 Å². The van der Waals surface area contributed by atoms with Crippen LogP contribution in [0, 0.1) is 20.2 Å². The quantitative estimate of drug-likeness (QED) is 0.0564. The zero-order valence-electron chi connectivity index (χ0n) is 35.8. The minimum atomic E-state index is -0.684. The lowest BCUT2D eigenvalue weighted by molar-refractivity contribution is -0.393. The zero-order chi connectivity index (χ0) is 43.9. The summed E-state index contributed by atoms with van der Waals surface area (Å²) in [7, 11) is 1.67. The van der Waals surface area contributed by atoms with E-state index in [1.807, 2.05) is 20.8 Å². The van der Waals surface area contributed by atoms with Crippen molar-refractivity contribution in [1.29, 1.82) is 0 Å². The van der Waals surface area contributed by atoms with Crippen molar-refractivity contribution in [2.45, 2.75) is 26.4 Å². The smallest absolute Gasteiger partial charge is 0.410 e. The third kappa shape index (κ3) is 33.3. The summed E-state index contributed by atoms with van der Waals surface area (Å²) in [4.78, 5) is 34.0. The molecule has 0 aliphatic carbocycles. The van der Waals surface area contributed by atoms with Crippen molar-refractivity contribution in [1.82, 2.24) is 4.90 Å². The van der Waals surface area contributed by atoms with E-state index in [9.17, 15) is 25.0 Å². The molecule has 0 aliphatic rings. The van der Waals surface area contributed by atoms with Gasteiger partial charge in [0.25, 0.3) is 11.4 Å². The first kappa shape index (κ1) is 54.6. The highest BCUT2D eigenvalue weighted by atomic mass is 16.6. The number of nitro benzene ring substituents is 2. The lowest BCUT2D eigenvalue weighted by Gasteiger charge is -2.24. The number of anilines is 1. The van der Waals surface area contributed by atoms with Crippen molar-refractivity contribution in [3.8, 4) is 0 Å². The number of carbonyl (C=O) groups excluding carboxylic acids is 1. The van der Waals surface area contributed by atoms with Crippen LogP contribution in [0.4, 0.5) is 21.9 Å². The molecule has 0 saturated carbocycles. The van der Waals surface area contributed by atoms with E-state index in [2.05, 4.69) is 5.32 Å². The summed E-state index contributed by atoms with van der Waals surface area (Å²) in [5.74, 6) is 0. The minimum Gasteiger partial charge on any atom is -0.444 e. The van der Waals surface area contributed by atoms with Crippen LogP contribution in [-0.2, 0) is 61.6 Å². The molecule has 0 heterocycles. The highest BCUT2D eigenvalue weighted by molar-refractivity contribution is 5.67. The topological polar surface area (TPSA) is 239 Å². The van der Waals surface area contributed by atoms with Crippen LogP contribution in [0.5, 0.6) is 0 Å². The molecule has 22 heteroatoms. The van der Waals surface area contributed by atoms with Crippen molar-refractivity contribution in [2.24, 2.45) is 0 Å². The lowest BCUT2D eigenvalue weighted by atomic mass is 10.2. The fraction of sp³-hybridized carbons (Fsp3) is 0.816. The van der Waals surface area contributed by atoms with Gasteiger partial charge in [0.2, 0.25) is 0 Å². The van der Waals surface area contributed by atoms with Gasteiger partial charge in [0, 0.05) is 26.2 Å². The van der Waals surface area contributed by atoms with E-state index in [1.165, 1.54) is 17.0 Å². The summed E-state index contributed by atoms with van der Waals surface area (Å²) in [6.45, 7) is 16.6. The summed E-state index contributed by atoms with van der Waals surface area (Å²) >= 11 is 0. The molecule has 0 atom stereocenters. The van der Waals surface area contributed by atoms with Crippen LogP contribution < -0.4 is 5.32 Å². The number of carbonyl (C=O) groups is 1. The molecule has 348 valence electrons. The van der Waals surface area contributed by atoms with Crippen LogP contribution in [0.2, 0.25) is 0 Å². The molecular weight excluding hydrogens is 800 g/mol. The van der Waals surface area contributed by atoms with Crippen molar-refractivity contribution in [2.75, 3.05) is 184 Å². The maximum atomic E-state index is 11.9. The molecule has 0 bridgehead atoms. The lowest BCUT2D eigenvalue weighted by Crippen LogP contribution is -2.36. The van der Waals surface area contributed by atoms with Gasteiger partial charge in [0.05, 0.1) is 174 Å². The summed E-state index contributed by atoms with van der Waals surface area (Å²) in [6.07, 6.45) is -0.375. The molecule has 0 aliphatic heterocycles. The van der Waals surface area contributed by atoms with Gasteiger partial charge < -0.3 is 71.8 Å². The largest absolute Gasteiger partial charge is 0.444 e. The Bertz CT molecular complexity index is 1230. The van der Waals surface area contributed by atoms with E-state index in [-0.39, 0.29) is 36.3 Å². The predicted octanol–water partition coefficient (Wildman–Crippen LogP) is 2.98. The summed E-state index contributed by atoms with van der Waals surface area (Å²) in [5.41, 5.74) is -1.06. The second-order valence-electron chi connectivity index (χ2n) is 13.4. The van der Waals surface area contributed by atoms with E-state index < -0.39 is 15.4 Å². The number of rotatable bonds is 42. The van der Waals surface area contributed by atoms with Gasteiger partial charge in [0.1, 0.15) is 11.3 Å². The molecule has 0 unspecified atom stereocenters. The van der Waals surface area contributed by atoms with Gasteiger partial charge in [-0.05, 0) is 26.8 Å². The Morgan fingerprint density at radius 2 is 0.850 bits per heavy atom. The number of benzene rings is 1. The molecule has 1 aromatic rings. The zero-order valence-corrected chi connectivity index (χ0v) is 35.8. The number of nitrogens with one attached hydrogen (secondary N) is 1. The SMILES string of the molecule is CN(CCOCCOCCOCCOCCOCCOCCOCCOCCOCCOCCOCCOCCNc1ccc([N+](=O)[O-])cc1[N+](=O)[O-])C(=O)OC(C)(C)C. The predicted molar refractivity (Wildman–Crippen MR) is 217 cm³/mol. The summed E-state index contributed by atoms with van der Waals surface area (Å²) in [6, 6.07) is 3.42. The second kappa shape index (κ2) is 37.4. The molecule has 0 fully saturated rings. The molecule has 1 aromatic carbocycles. The maximum absolute atomic E-state index is 11.9. The number of non-ortho nitro benzene ring substituents is 1. The molecular formula is C38H68N4O18. The fourth-order valence-electron chi connectivity index (χ4n) is 4.35. The van der Waals surface area contributed by atoms with Gasteiger partial charge in [-0.3, -0.25) is 20.2 Å². The Kier molecular flexibility index (Phi) is 34.0. The van der Waals surface area contributed by atoms with Crippen molar-refractivity contribution in [3.63, 3.8) is 0 Å². The van der Waals surface area contributed by atoms with E-state index >= 15 is 0 Å². The van der Waals surface area contributed by atoms with E-state index in [1.54, 1.807) is 7.05 Å². The number of likely N-dealkylation sites (N-methyl/N-ethyl adjacent to an activating group) is 1. The third-order valence-electron chi connectivity index (χ3n) is 7.32. The van der Waals surface area contributed by atoms with Crippen molar-refractivity contribution in [3.05, 3.63) is 38.4 Å². The summed E-state index contributed by atoms with van der Waals surface area (Å²) < 4.78 is 70.9. The highest BCUT2D eigenvalue weighted by Crippen LogP contribution is 2.28. The van der Waals surface area contributed by atoms with Crippen LogP contribution >= 0.6 is 0 Å². The molecule has 1 N–H and O–H groups in total. The van der Waals surface area contributed by atoms with Crippen molar-refractivity contribution >= 4 is 23.2 Å². The average Bonchev–Trinajstić information content (AvgIpc) is 3.20. The summed E-state index contributed by atoms with van der Waals surface area (Å²) in [5, 5.41) is 24.8. The van der Waals surface area contributed by atoms with Crippen molar-refractivity contribution < 1.29 is 76.2 Å². The number of nitro groups is 2. The number of hydrogen-bond donors (Lipinski definition) is 1. The Hall–Kier alpha value is -3.39. The van der Waals surface area contributed by atoms with Crippen LogP contribution in [0.25, 0.3) is 0 Å². The number of amides is 1. The number of hydrogen-bond acceptors (Lipinski definition) is 19. The van der Waals surface area contributed by atoms with Gasteiger partial charge in [-0.25, -0.2) is 4.79 Å².